The van der Waals surface area contributed by atoms with Crippen molar-refractivity contribution in [2.45, 2.75) is 9.79 Å². The van der Waals surface area contributed by atoms with E-state index in [1.807, 2.05) is 24.3 Å². The lowest BCUT2D eigenvalue weighted by molar-refractivity contribution is 0.682. The van der Waals surface area contributed by atoms with E-state index in [-0.39, 0.29) is 0 Å². The minimum atomic E-state index is -1.28. The van der Waals surface area contributed by atoms with Gasteiger partial charge in [0.15, 0.2) is 0 Å². The molecular weight excluding hydrogens is 339 g/mol. The second-order valence-corrected chi connectivity index (χ2v) is 6.88. The quantitative estimate of drug-likeness (QED) is 0.607. The van der Waals surface area contributed by atoms with E-state index < -0.39 is 10.8 Å². The molecule has 6 heteroatoms. The van der Waals surface area contributed by atoms with Gasteiger partial charge in [-0.25, -0.2) is 4.21 Å². The van der Waals surface area contributed by atoms with E-state index in [1.165, 1.54) is 0 Å². The van der Waals surface area contributed by atoms with Crippen LogP contribution in [0.1, 0.15) is 0 Å². The van der Waals surface area contributed by atoms with Gasteiger partial charge in [0.25, 0.3) is 0 Å². The molecule has 0 spiro atoms. The van der Waals surface area contributed by atoms with Crippen LogP contribution in [0.2, 0.25) is 0 Å². The van der Waals surface area contributed by atoms with Crippen molar-refractivity contribution < 1.29 is 4.21 Å². The number of nitrogen functional groups attached to an aromatic ring is 1. The highest BCUT2D eigenvalue weighted by atomic mass is 35.5. The molecule has 1 atom stereocenters. The number of para-hydroxylation sites is 1. The molecule has 2 aromatic rings. The number of hydrogen-bond acceptors (Lipinski definition) is 3. The van der Waals surface area contributed by atoms with Gasteiger partial charge in [-0.05, 0) is 36.4 Å². The highest BCUT2D eigenvalue weighted by molar-refractivity contribution is 7.85. The van der Waals surface area contributed by atoms with Crippen LogP contribution in [0.25, 0.3) is 0 Å². The number of halogens is 2. The summed E-state index contributed by atoms with van der Waals surface area (Å²) < 4.78 is 12.9. The van der Waals surface area contributed by atoms with Crippen molar-refractivity contribution in [1.29, 1.82) is 0 Å². The van der Waals surface area contributed by atoms with E-state index in [0.29, 0.717) is 30.5 Å². The van der Waals surface area contributed by atoms with Crippen molar-refractivity contribution in [3.8, 4) is 0 Å². The van der Waals surface area contributed by atoms with Crippen LogP contribution in [0, 0.1) is 0 Å². The molecule has 3 nitrogen and oxygen atoms in total. The van der Waals surface area contributed by atoms with E-state index in [1.54, 1.807) is 24.3 Å². The maximum Gasteiger partial charge on any atom is 0.0870 e. The summed E-state index contributed by atoms with van der Waals surface area (Å²) in [4.78, 5) is 3.53. The first-order valence-corrected chi connectivity index (χ1v) is 9.12. The van der Waals surface area contributed by atoms with Crippen LogP contribution in [0.4, 0.5) is 11.4 Å². The first kappa shape index (κ1) is 17.1. The van der Waals surface area contributed by atoms with Crippen LogP contribution in [0.5, 0.6) is 0 Å². The van der Waals surface area contributed by atoms with E-state index in [9.17, 15) is 4.21 Å². The van der Waals surface area contributed by atoms with Crippen LogP contribution in [0.15, 0.2) is 58.3 Å². The Kier molecular flexibility index (Phi) is 6.55. The molecule has 0 saturated heterocycles. The maximum atomic E-state index is 12.9. The first-order valence-electron chi connectivity index (χ1n) is 6.90. The number of benzene rings is 2. The molecule has 2 aromatic carbocycles. The third-order valence-electron chi connectivity index (χ3n) is 3.21. The summed E-state index contributed by atoms with van der Waals surface area (Å²) in [6.07, 6.45) is 0. The first-order chi connectivity index (χ1) is 10.7. The van der Waals surface area contributed by atoms with Gasteiger partial charge in [-0.3, -0.25) is 0 Å². The molecule has 0 aromatic heterocycles. The van der Waals surface area contributed by atoms with E-state index in [4.69, 9.17) is 28.9 Å². The standard InChI is InChI=1S/C16H18Cl2N2OS/c17-9-11-20(12-10-18)15-3-1-2-4-16(15)22(21)14-7-5-13(19)6-8-14/h1-8H,9-12,19H2. The Hall–Kier alpha value is -1.23. The Morgan fingerprint density at radius 2 is 1.55 bits per heavy atom. The SMILES string of the molecule is Nc1ccc(S(=O)c2ccccc2N(CCCl)CCCl)cc1. The molecule has 22 heavy (non-hydrogen) atoms. The van der Waals surface area contributed by atoms with Crippen LogP contribution in [-0.2, 0) is 10.8 Å². The summed E-state index contributed by atoms with van der Waals surface area (Å²) in [6.45, 7) is 1.31. The Labute approximate surface area is 143 Å². The maximum absolute atomic E-state index is 12.9. The van der Waals surface area contributed by atoms with Crippen molar-refractivity contribution in [2.75, 3.05) is 35.5 Å². The van der Waals surface area contributed by atoms with Gasteiger partial charge in [0, 0.05) is 35.4 Å². The van der Waals surface area contributed by atoms with Gasteiger partial charge in [0.1, 0.15) is 0 Å². The predicted molar refractivity (Wildman–Crippen MR) is 95.6 cm³/mol. The van der Waals surface area contributed by atoms with Gasteiger partial charge >= 0.3 is 0 Å². The molecule has 0 heterocycles. The lowest BCUT2D eigenvalue weighted by Gasteiger charge is -2.25. The van der Waals surface area contributed by atoms with Gasteiger partial charge in [-0.15, -0.1) is 23.2 Å². The van der Waals surface area contributed by atoms with E-state index >= 15 is 0 Å². The zero-order chi connectivity index (χ0) is 15.9. The zero-order valence-electron chi connectivity index (χ0n) is 12.0. The molecule has 2 rings (SSSR count). The van der Waals surface area contributed by atoms with Crippen molar-refractivity contribution in [3.63, 3.8) is 0 Å². The average Bonchev–Trinajstić information content (AvgIpc) is 2.55. The number of anilines is 2. The van der Waals surface area contributed by atoms with E-state index in [0.717, 1.165) is 15.5 Å². The Morgan fingerprint density at radius 3 is 2.14 bits per heavy atom. The molecule has 0 amide bonds. The van der Waals surface area contributed by atoms with E-state index in [2.05, 4.69) is 4.90 Å². The normalized spacial score (nSPS) is 12.1. The largest absolute Gasteiger partial charge is 0.399 e. The summed E-state index contributed by atoms with van der Waals surface area (Å²) in [5.74, 6) is 0.972. The van der Waals surface area contributed by atoms with Crippen LogP contribution >= 0.6 is 23.2 Å². The molecule has 0 bridgehead atoms. The Morgan fingerprint density at radius 1 is 0.955 bits per heavy atom. The fourth-order valence-electron chi connectivity index (χ4n) is 2.15. The Balaban J connectivity index is 2.38. The summed E-state index contributed by atoms with van der Waals surface area (Å²) in [5, 5.41) is 0. The Bertz CT molecular complexity index is 628. The molecule has 0 fully saturated rings. The fraction of sp³-hybridized carbons (Fsp3) is 0.250. The molecule has 2 N–H and O–H groups in total. The van der Waals surface area contributed by atoms with Gasteiger partial charge in [-0.1, -0.05) is 12.1 Å². The fourth-order valence-corrected chi connectivity index (χ4v) is 3.78. The number of hydrogen-bond donors (Lipinski definition) is 1. The molecule has 0 radical (unpaired) electrons. The highest BCUT2D eigenvalue weighted by Gasteiger charge is 2.16. The average molecular weight is 357 g/mol. The van der Waals surface area contributed by atoms with Crippen molar-refractivity contribution in [3.05, 3.63) is 48.5 Å². The predicted octanol–water partition coefficient (Wildman–Crippen LogP) is 3.72. The summed E-state index contributed by atoms with van der Waals surface area (Å²) in [5.41, 5.74) is 7.24. The molecule has 118 valence electrons. The topological polar surface area (TPSA) is 46.3 Å². The number of alkyl halides is 2. The minimum Gasteiger partial charge on any atom is -0.399 e. The molecule has 0 aliphatic heterocycles. The number of nitrogens with two attached hydrogens (primary N) is 1. The molecule has 0 aliphatic carbocycles. The summed E-state index contributed by atoms with van der Waals surface area (Å²) >= 11 is 11.7. The zero-order valence-corrected chi connectivity index (χ0v) is 14.4. The minimum absolute atomic E-state index is 0.486. The lowest BCUT2D eigenvalue weighted by Crippen LogP contribution is -2.28. The smallest absolute Gasteiger partial charge is 0.0870 e. The monoisotopic (exact) mass is 356 g/mol. The third kappa shape index (κ3) is 4.15. The van der Waals surface area contributed by atoms with Crippen molar-refractivity contribution >= 4 is 45.4 Å². The highest BCUT2D eigenvalue weighted by Crippen LogP contribution is 2.27. The molecule has 1 unspecified atom stereocenters. The number of nitrogens with zero attached hydrogens (tertiary/aromatic N) is 1. The van der Waals surface area contributed by atoms with Crippen LogP contribution < -0.4 is 10.6 Å². The summed E-state index contributed by atoms with van der Waals surface area (Å²) in [7, 11) is -1.28. The van der Waals surface area contributed by atoms with Gasteiger partial charge in [-0.2, -0.15) is 0 Å². The summed E-state index contributed by atoms with van der Waals surface area (Å²) in [6, 6.07) is 14.7. The lowest BCUT2D eigenvalue weighted by atomic mass is 10.3. The second kappa shape index (κ2) is 8.42. The van der Waals surface area contributed by atoms with Crippen molar-refractivity contribution in [2.24, 2.45) is 0 Å². The third-order valence-corrected chi connectivity index (χ3v) is 4.99. The van der Waals surface area contributed by atoms with Crippen LogP contribution in [0.3, 0.4) is 0 Å². The second-order valence-electron chi connectivity index (χ2n) is 4.67. The van der Waals surface area contributed by atoms with Crippen molar-refractivity contribution in [1.82, 2.24) is 0 Å². The molecule has 0 saturated carbocycles. The number of rotatable bonds is 7. The van der Waals surface area contributed by atoms with Gasteiger partial charge in [0.05, 0.1) is 21.4 Å². The van der Waals surface area contributed by atoms with Gasteiger partial charge in [0.2, 0.25) is 0 Å². The molecular formula is C16H18Cl2N2OS. The van der Waals surface area contributed by atoms with Gasteiger partial charge < -0.3 is 10.6 Å². The molecule has 0 aliphatic rings. The van der Waals surface area contributed by atoms with Crippen LogP contribution in [-0.4, -0.2) is 29.1 Å².